The lowest BCUT2D eigenvalue weighted by Crippen LogP contribution is -1.97. The van der Waals surface area contributed by atoms with Crippen molar-refractivity contribution in [3.05, 3.63) is 58.9 Å². The Bertz CT molecular complexity index is 715. The Morgan fingerprint density at radius 1 is 1.10 bits per heavy atom. The highest BCUT2D eigenvalue weighted by Gasteiger charge is 2.09. The molecule has 7 heteroatoms. The smallest absolute Gasteiger partial charge is 0.261 e. The average Bonchev–Trinajstić information content (AvgIpc) is 2.37. The van der Waals surface area contributed by atoms with Crippen molar-refractivity contribution in [2.45, 2.75) is 11.5 Å². The molecule has 0 aromatic heterocycles. The maximum atomic E-state index is 12.9. The van der Waals surface area contributed by atoms with Gasteiger partial charge in [0.15, 0.2) is 0 Å². The number of hydrogen-bond acceptors (Lipinski definition) is 3. The van der Waals surface area contributed by atoms with Crippen LogP contribution in [0.15, 0.2) is 47.4 Å². The Labute approximate surface area is 125 Å². The third-order valence-electron chi connectivity index (χ3n) is 2.51. The van der Waals surface area contributed by atoms with E-state index in [1.165, 1.54) is 42.5 Å². The molecular weight excluding hydrogens is 326 g/mol. The van der Waals surface area contributed by atoms with Gasteiger partial charge in [-0.2, -0.15) is 0 Å². The van der Waals surface area contributed by atoms with Gasteiger partial charge in [-0.05, 0) is 36.4 Å². The molecule has 0 unspecified atom stereocenters. The van der Waals surface area contributed by atoms with Crippen LogP contribution in [0.5, 0.6) is 5.75 Å². The van der Waals surface area contributed by atoms with E-state index in [9.17, 15) is 12.8 Å². The van der Waals surface area contributed by atoms with E-state index < -0.39 is 14.9 Å². The fourth-order valence-corrected chi connectivity index (χ4v) is 2.49. The zero-order chi connectivity index (χ0) is 14.8. The fraction of sp³-hybridized carbons (Fsp3) is 0.0769. The molecule has 0 bridgehead atoms. The summed E-state index contributed by atoms with van der Waals surface area (Å²) in [6.45, 7) is 0.145. The van der Waals surface area contributed by atoms with Gasteiger partial charge in [0.25, 0.3) is 9.05 Å². The van der Waals surface area contributed by atoms with E-state index in [2.05, 4.69) is 0 Å². The Morgan fingerprint density at radius 2 is 1.75 bits per heavy atom. The molecule has 0 radical (unpaired) electrons. The fourth-order valence-electron chi connectivity index (χ4n) is 1.50. The maximum absolute atomic E-state index is 12.9. The highest BCUT2D eigenvalue weighted by atomic mass is 35.7. The van der Waals surface area contributed by atoms with Crippen molar-refractivity contribution >= 4 is 31.3 Å². The number of rotatable bonds is 4. The van der Waals surface area contributed by atoms with Crippen molar-refractivity contribution in [3.63, 3.8) is 0 Å². The van der Waals surface area contributed by atoms with E-state index in [0.717, 1.165) is 0 Å². The zero-order valence-corrected chi connectivity index (χ0v) is 12.3. The molecule has 0 spiro atoms. The second-order valence-corrected chi connectivity index (χ2v) is 6.91. The van der Waals surface area contributed by atoms with Crippen LogP contribution in [0, 0.1) is 5.82 Å². The molecule has 0 heterocycles. The van der Waals surface area contributed by atoms with E-state index in [1.807, 2.05) is 0 Å². The molecule has 2 rings (SSSR count). The van der Waals surface area contributed by atoms with Crippen LogP contribution in [-0.4, -0.2) is 8.42 Å². The monoisotopic (exact) mass is 334 g/mol. The highest BCUT2D eigenvalue weighted by molar-refractivity contribution is 8.13. The molecule has 0 N–H and O–H groups in total. The second-order valence-electron chi connectivity index (χ2n) is 3.93. The van der Waals surface area contributed by atoms with Crippen LogP contribution in [0.1, 0.15) is 5.56 Å². The Balaban J connectivity index is 2.08. The molecule has 0 aliphatic heterocycles. The van der Waals surface area contributed by atoms with E-state index in [4.69, 9.17) is 27.0 Å². The van der Waals surface area contributed by atoms with Gasteiger partial charge in [-0.15, -0.1) is 0 Å². The minimum Gasteiger partial charge on any atom is -0.489 e. The molecule has 106 valence electrons. The zero-order valence-electron chi connectivity index (χ0n) is 10.0. The number of benzene rings is 2. The Morgan fingerprint density at radius 3 is 2.30 bits per heavy atom. The topological polar surface area (TPSA) is 43.4 Å². The van der Waals surface area contributed by atoms with Gasteiger partial charge in [-0.3, -0.25) is 0 Å². The SMILES string of the molecule is O=S(=O)(Cl)c1ccc(OCc2ccc(F)cc2Cl)cc1. The van der Waals surface area contributed by atoms with Gasteiger partial charge >= 0.3 is 0 Å². The summed E-state index contributed by atoms with van der Waals surface area (Å²) in [5, 5.41) is 0.268. The molecule has 20 heavy (non-hydrogen) atoms. The highest BCUT2D eigenvalue weighted by Crippen LogP contribution is 2.22. The Hall–Kier alpha value is -1.30. The van der Waals surface area contributed by atoms with Crippen molar-refractivity contribution in [2.24, 2.45) is 0 Å². The largest absolute Gasteiger partial charge is 0.489 e. The first-order valence-corrected chi connectivity index (χ1v) is 8.16. The number of hydrogen-bond donors (Lipinski definition) is 0. The third kappa shape index (κ3) is 3.85. The molecular formula is C13H9Cl2FO3S. The number of halogens is 3. The lowest BCUT2D eigenvalue weighted by molar-refractivity contribution is 0.306. The summed E-state index contributed by atoms with van der Waals surface area (Å²) in [5.41, 5.74) is 0.627. The molecule has 0 saturated heterocycles. The van der Waals surface area contributed by atoms with Gasteiger partial charge in [-0.25, -0.2) is 12.8 Å². The van der Waals surface area contributed by atoms with Crippen molar-refractivity contribution in [3.8, 4) is 5.75 Å². The van der Waals surface area contributed by atoms with Gasteiger partial charge in [0.2, 0.25) is 0 Å². The van der Waals surface area contributed by atoms with E-state index in [1.54, 1.807) is 0 Å². The predicted molar refractivity (Wildman–Crippen MR) is 75.2 cm³/mol. The summed E-state index contributed by atoms with van der Waals surface area (Å²) in [7, 11) is 1.45. The minimum atomic E-state index is -3.74. The van der Waals surface area contributed by atoms with Crippen LogP contribution in [0.25, 0.3) is 0 Å². The van der Waals surface area contributed by atoms with Gasteiger partial charge in [0, 0.05) is 16.2 Å². The summed E-state index contributed by atoms with van der Waals surface area (Å²) in [5.74, 6) is 0.0323. The van der Waals surface area contributed by atoms with E-state index in [-0.39, 0.29) is 16.5 Å². The third-order valence-corrected chi connectivity index (χ3v) is 4.24. The molecule has 2 aromatic carbocycles. The molecule has 0 atom stereocenters. The summed E-state index contributed by atoms with van der Waals surface area (Å²) in [4.78, 5) is -0.00803. The molecule has 0 aliphatic rings. The molecule has 2 aromatic rings. The second kappa shape index (κ2) is 5.99. The normalized spacial score (nSPS) is 11.3. The number of ether oxygens (including phenoxy) is 1. The molecule has 0 fully saturated rings. The Kier molecular flexibility index (Phi) is 4.52. The van der Waals surface area contributed by atoms with Crippen molar-refractivity contribution in [2.75, 3.05) is 0 Å². The van der Waals surface area contributed by atoms with Crippen LogP contribution in [-0.2, 0) is 15.7 Å². The van der Waals surface area contributed by atoms with Crippen molar-refractivity contribution in [1.29, 1.82) is 0 Å². The van der Waals surface area contributed by atoms with Crippen LogP contribution in [0.2, 0.25) is 5.02 Å². The van der Waals surface area contributed by atoms with Crippen molar-refractivity contribution < 1.29 is 17.5 Å². The van der Waals surface area contributed by atoms with Gasteiger partial charge in [-0.1, -0.05) is 17.7 Å². The van der Waals surface area contributed by atoms with Crippen LogP contribution < -0.4 is 4.74 Å². The molecule has 0 saturated carbocycles. The van der Waals surface area contributed by atoms with Crippen LogP contribution >= 0.6 is 22.3 Å². The van der Waals surface area contributed by atoms with E-state index >= 15 is 0 Å². The van der Waals surface area contributed by atoms with Crippen LogP contribution in [0.3, 0.4) is 0 Å². The van der Waals surface area contributed by atoms with Crippen molar-refractivity contribution in [1.82, 2.24) is 0 Å². The summed E-state index contributed by atoms with van der Waals surface area (Å²) < 4.78 is 40.5. The van der Waals surface area contributed by atoms with Crippen LogP contribution in [0.4, 0.5) is 4.39 Å². The van der Waals surface area contributed by atoms with E-state index in [0.29, 0.717) is 11.3 Å². The first-order chi connectivity index (χ1) is 9.36. The lowest BCUT2D eigenvalue weighted by Gasteiger charge is -2.08. The molecule has 0 amide bonds. The van der Waals surface area contributed by atoms with Gasteiger partial charge in [0.05, 0.1) is 9.92 Å². The first-order valence-electron chi connectivity index (χ1n) is 5.48. The average molecular weight is 335 g/mol. The van der Waals surface area contributed by atoms with Gasteiger partial charge < -0.3 is 4.74 Å². The maximum Gasteiger partial charge on any atom is 0.261 e. The lowest BCUT2D eigenvalue weighted by atomic mass is 10.2. The molecule has 0 aliphatic carbocycles. The quantitative estimate of drug-likeness (QED) is 0.794. The predicted octanol–water partition coefficient (Wildman–Crippen LogP) is 3.99. The summed E-state index contributed by atoms with van der Waals surface area (Å²) in [6.07, 6.45) is 0. The first kappa shape index (κ1) is 15.1. The van der Waals surface area contributed by atoms with Gasteiger partial charge in [0.1, 0.15) is 18.2 Å². The standard InChI is InChI=1S/C13H9Cl2FO3S/c14-13-7-10(16)2-1-9(13)8-19-11-3-5-12(6-4-11)20(15,17)18/h1-7H,8H2. The summed E-state index contributed by atoms with van der Waals surface area (Å²) >= 11 is 5.86. The minimum absolute atomic E-state index is 0.00803. The summed E-state index contributed by atoms with van der Waals surface area (Å²) in [6, 6.07) is 9.64. The molecule has 3 nitrogen and oxygen atoms in total.